The van der Waals surface area contributed by atoms with Crippen molar-refractivity contribution in [1.29, 1.82) is 0 Å². The molecule has 5 rings (SSSR count). The lowest BCUT2D eigenvalue weighted by molar-refractivity contribution is 0.448. The monoisotopic (exact) mass is 355 g/mol. The van der Waals surface area contributed by atoms with Gasteiger partial charge in [-0.2, -0.15) is 0 Å². The fourth-order valence-electron chi connectivity index (χ4n) is 4.49. The van der Waals surface area contributed by atoms with Crippen LogP contribution in [-0.4, -0.2) is 4.98 Å². The van der Waals surface area contributed by atoms with Gasteiger partial charge in [-0.15, -0.1) is 11.3 Å². The average molecular weight is 356 g/mol. The molecule has 0 bridgehead atoms. The first-order chi connectivity index (χ1) is 12.6. The van der Waals surface area contributed by atoms with E-state index >= 15 is 0 Å². The van der Waals surface area contributed by atoms with E-state index in [4.69, 9.17) is 4.98 Å². The molecule has 128 valence electrons. The van der Waals surface area contributed by atoms with Gasteiger partial charge in [0.05, 0.1) is 10.2 Å². The maximum Gasteiger partial charge on any atom is 0.101 e. The number of rotatable bonds is 2. The Hall–Kier alpha value is -2.45. The number of aryl methyl sites for hydroxylation is 1. The van der Waals surface area contributed by atoms with E-state index in [0.717, 1.165) is 11.9 Å². The molecule has 2 heteroatoms. The quantitative estimate of drug-likeness (QED) is 0.414. The van der Waals surface area contributed by atoms with Crippen LogP contribution in [0.5, 0.6) is 0 Å². The molecule has 1 aromatic heterocycles. The van der Waals surface area contributed by atoms with Crippen LogP contribution in [0.1, 0.15) is 40.1 Å². The summed E-state index contributed by atoms with van der Waals surface area (Å²) in [6, 6.07) is 26.4. The molecule has 0 unspecified atom stereocenters. The van der Waals surface area contributed by atoms with Crippen LogP contribution in [0.3, 0.4) is 0 Å². The van der Waals surface area contributed by atoms with Crippen LogP contribution in [0.4, 0.5) is 0 Å². The largest absolute Gasteiger partial charge is 0.241 e. The number of hydrogen-bond donors (Lipinski definition) is 0. The van der Waals surface area contributed by atoms with Crippen molar-refractivity contribution in [3.8, 4) is 0 Å². The van der Waals surface area contributed by atoms with Crippen molar-refractivity contribution < 1.29 is 0 Å². The second-order valence-corrected chi connectivity index (χ2v) is 8.66. The number of benzene rings is 3. The molecule has 3 aromatic carbocycles. The number of thiazole rings is 1. The Balaban J connectivity index is 1.74. The highest BCUT2D eigenvalue weighted by Crippen LogP contribution is 2.53. The molecule has 0 amide bonds. The third-order valence-corrected chi connectivity index (χ3v) is 7.04. The van der Waals surface area contributed by atoms with Crippen molar-refractivity contribution in [2.24, 2.45) is 0 Å². The SMILES string of the molecule is Cc1ccc2c(c1)[C@H](c1ccccc1)[C@](C)(c1nc3ccccc3s1)C2. The lowest BCUT2D eigenvalue weighted by atomic mass is 9.74. The van der Waals surface area contributed by atoms with Crippen molar-refractivity contribution in [2.45, 2.75) is 31.6 Å². The van der Waals surface area contributed by atoms with Crippen molar-refractivity contribution in [2.75, 3.05) is 0 Å². The summed E-state index contributed by atoms with van der Waals surface area (Å²) in [4.78, 5) is 5.07. The molecule has 0 N–H and O–H groups in total. The number of hydrogen-bond acceptors (Lipinski definition) is 2. The van der Waals surface area contributed by atoms with E-state index in [-0.39, 0.29) is 5.41 Å². The first-order valence-electron chi connectivity index (χ1n) is 9.15. The van der Waals surface area contributed by atoms with Gasteiger partial charge in [0.2, 0.25) is 0 Å². The van der Waals surface area contributed by atoms with Gasteiger partial charge in [0, 0.05) is 11.3 Å². The Bertz CT molecular complexity index is 1060. The molecule has 0 spiro atoms. The summed E-state index contributed by atoms with van der Waals surface area (Å²) >= 11 is 1.86. The molecule has 0 fully saturated rings. The summed E-state index contributed by atoms with van der Waals surface area (Å²) in [5.41, 5.74) is 6.76. The van der Waals surface area contributed by atoms with Gasteiger partial charge in [-0.1, -0.05) is 73.2 Å². The molecule has 4 aromatic rings. The molecule has 0 saturated heterocycles. The van der Waals surface area contributed by atoms with Gasteiger partial charge >= 0.3 is 0 Å². The zero-order chi connectivity index (χ0) is 17.7. The van der Waals surface area contributed by atoms with Crippen molar-refractivity contribution in [3.05, 3.63) is 100 Å². The molecule has 0 aliphatic heterocycles. The highest BCUT2D eigenvalue weighted by atomic mass is 32.1. The zero-order valence-electron chi connectivity index (χ0n) is 15.1. The minimum Gasteiger partial charge on any atom is -0.241 e. The van der Waals surface area contributed by atoms with E-state index in [1.54, 1.807) is 0 Å². The Morgan fingerprint density at radius 3 is 2.54 bits per heavy atom. The van der Waals surface area contributed by atoms with Crippen LogP contribution in [0.15, 0.2) is 72.8 Å². The summed E-state index contributed by atoms with van der Waals surface area (Å²) in [6.07, 6.45) is 1.04. The number of para-hydroxylation sites is 1. The predicted molar refractivity (Wildman–Crippen MR) is 110 cm³/mol. The van der Waals surface area contributed by atoms with Gasteiger partial charge in [-0.25, -0.2) is 4.98 Å². The minimum absolute atomic E-state index is 0.0127. The second kappa shape index (κ2) is 5.78. The summed E-state index contributed by atoms with van der Waals surface area (Å²) in [5.74, 6) is 0.346. The van der Waals surface area contributed by atoms with E-state index in [1.807, 2.05) is 11.3 Å². The fourth-order valence-corrected chi connectivity index (χ4v) is 5.63. The molecule has 26 heavy (non-hydrogen) atoms. The molecule has 1 aliphatic carbocycles. The lowest BCUT2D eigenvalue weighted by Crippen LogP contribution is -2.28. The highest BCUT2D eigenvalue weighted by molar-refractivity contribution is 7.18. The topological polar surface area (TPSA) is 12.9 Å². The normalized spacial score (nSPS) is 21.8. The summed E-state index contributed by atoms with van der Waals surface area (Å²) < 4.78 is 1.28. The van der Waals surface area contributed by atoms with E-state index < -0.39 is 0 Å². The molecule has 2 atom stereocenters. The maximum atomic E-state index is 5.07. The van der Waals surface area contributed by atoms with Gasteiger partial charge in [0.15, 0.2) is 0 Å². The van der Waals surface area contributed by atoms with Gasteiger partial charge in [-0.05, 0) is 42.2 Å². The second-order valence-electron chi connectivity index (χ2n) is 7.63. The molecular weight excluding hydrogens is 334 g/mol. The van der Waals surface area contributed by atoms with E-state index in [0.29, 0.717) is 5.92 Å². The van der Waals surface area contributed by atoms with E-state index in [1.165, 1.54) is 32.0 Å². The van der Waals surface area contributed by atoms with Crippen LogP contribution in [0, 0.1) is 6.92 Å². The summed E-state index contributed by atoms with van der Waals surface area (Å²) in [6.45, 7) is 4.59. The Morgan fingerprint density at radius 1 is 0.962 bits per heavy atom. The molecule has 1 aliphatic rings. The van der Waals surface area contributed by atoms with Crippen LogP contribution in [-0.2, 0) is 11.8 Å². The minimum atomic E-state index is -0.0127. The van der Waals surface area contributed by atoms with Gasteiger partial charge in [-0.3, -0.25) is 0 Å². The smallest absolute Gasteiger partial charge is 0.101 e. The van der Waals surface area contributed by atoms with Crippen LogP contribution in [0.25, 0.3) is 10.2 Å². The Morgan fingerprint density at radius 2 is 1.73 bits per heavy atom. The molecule has 1 heterocycles. The van der Waals surface area contributed by atoms with Crippen LogP contribution in [0.2, 0.25) is 0 Å². The van der Waals surface area contributed by atoms with Crippen molar-refractivity contribution in [1.82, 2.24) is 4.98 Å². The first kappa shape index (κ1) is 15.8. The average Bonchev–Trinajstić information content (AvgIpc) is 3.21. The lowest BCUT2D eigenvalue weighted by Gasteiger charge is -2.30. The highest BCUT2D eigenvalue weighted by Gasteiger charge is 2.46. The fraction of sp³-hybridized carbons (Fsp3) is 0.208. The predicted octanol–water partition coefficient (Wildman–Crippen LogP) is 6.25. The summed E-state index contributed by atoms with van der Waals surface area (Å²) in [5, 5.41) is 1.25. The Labute approximate surface area is 158 Å². The molecule has 1 nitrogen and oxygen atoms in total. The van der Waals surface area contributed by atoms with Gasteiger partial charge < -0.3 is 0 Å². The van der Waals surface area contributed by atoms with Gasteiger partial charge in [0.25, 0.3) is 0 Å². The number of fused-ring (bicyclic) bond motifs is 2. The third-order valence-electron chi connectivity index (χ3n) is 5.72. The number of nitrogens with zero attached hydrogens (tertiary/aromatic N) is 1. The molecule has 0 saturated carbocycles. The van der Waals surface area contributed by atoms with Crippen molar-refractivity contribution in [3.63, 3.8) is 0 Å². The van der Waals surface area contributed by atoms with Crippen LogP contribution >= 0.6 is 11.3 Å². The maximum absolute atomic E-state index is 5.07. The third kappa shape index (κ3) is 2.33. The molecule has 0 radical (unpaired) electrons. The Kier molecular flexibility index (Phi) is 3.51. The summed E-state index contributed by atoms with van der Waals surface area (Å²) in [7, 11) is 0. The van der Waals surface area contributed by atoms with Gasteiger partial charge in [0.1, 0.15) is 5.01 Å². The van der Waals surface area contributed by atoms with E-state index in [2.05, 4.69) is 86.6 Å². The van der Waals surface area contributed by atoms with Crippen molar-refractivity contribution >= 4 is 21.6 Å². The number of aromatic nitrogens is 1. The first-order valence-corrected chi connectivity index (χ1v) is 9.97. The molecular formula is C24H21NS. The zero-order valence-corrected chi connectivity index (χ0v) is 15.9. The van der Waals surface area contributed by atoms with Crippen LogP contribution < -0.4 is 0 Å². The standard InChI is InChI=1S/C24H21NS/c1-16-12-13-18-15-24(2,23-25-20-10-6-7-11-21(20)26-23)22(19(18)14-16)17-8-4-3-5-9-17/h3-14,22H,15H2,1-2H3/t22-,24+/m0/s1. The van der Waals surface area contributed by atoms with E-state index in [9.17, 15) is 0 Å².